The Labute approximate surface area is 116 Å². The molecule has 1 aliphatic heterocycles. The average molecular weight is 269 g/mol. The van der Waals surface area contributed by atoms with Gasteiger partial charge in [-0.2, -0.15) is 0 Å². The van der Waals surface area contributed by atoms with Gasteiger partial charge < -0.3 is 14.7 Å². The highest BCUT2D eigenvalue weighted by Gasteiger charge is 2.24. The average Bonchev–Trinajstić information content (AvgIpc) is 2.40. The van der Waals surface area contributed by atoms with E-state index in [4.69, 9.17) is 9.84 Å². The standard InChI is InChI=1S/C15H27NO3/c1-12-2-4-13(5-3-12)10-16-8-6-14(7-9-16)19-11-15(17)18/h12-14H,2-11H2,1H3,(H,17,18). The molecule has 1 heterocycles. The molecule has 0 atom stereocenters. The molecule has 1 aliphatic carbocycles. The fourth-order valence-corrected chi connectivity index (χ4v) is 3.32. The molecule has 0 aromatic rings. The Morgan fingerprint density at radius 3 is 2.37 bits per heavy atom. The van der Waals surface area contributed by atoms with Crippen LogP contribution in [0.15, 0.2) is 0 Å². The number of likely N-dealkylation sites (tertiary alicyclic amines) is 1. The quantitative estimate of drug-likeness (QED) is 0.832. The van der Waals surface area contributed by atoms with Crippen molar-refractivity contribution in [3.05, 3.63) is 0 Å². The SMILES string of the molecule is CC1CCC(CN2CCC(OCC(=O)O)CC2)CC1. The van der Waals surface area contributed by atoms with Gasteiger partial charge in [0.2, 0.25) is 0 Å². The largest absolute Gasteiger partial charge is 0.480 e. The molecule has 2 fully saturated rings. The van der Waals surface area contributed by atoms with E-state index in [0.29, 0.717) is 0 Å². The maximum Gasteiger partial charge on any atom is 0.329 e. The first-order chi connectivity index (χ1) is 9.13. The van der Waals surface area contributed by atoms with Gasteiger partial charge in [-0.05, 0) is 37.5 Å². The molecule has 110 valence electrons. The molecule has 0 aromatic heterocycles. The van der Waals surface area contributed by atoms with Crippen LogP contribution in [0, 0.1) is 11.8 Å². The maximum atomic E-state index is 10.5. The number of carbonyl (C=O) groups is 1. The number of nitrogens with zero attached hydrogens (tertiary/aromatic N) is 1. The Bertz CT molecular complexity index is 279. The highest BCUT2D eigenvalue weighted by Crippen LogP contribution is 2.29. The number of rotatable bonds is 5. The van der Waals surface area contributed by atoms with Crippen LogP contribution in [-0.2, 0) is 9.53 Å². The number of aliphatic carboxylic acids is 1. The molecule has 0 radical (unpaired) electrons. The third-order valence-electron chi connectivity index (χ3n) is 4.63. The predicted molar refractivity (Wildman–Crippen MR) is 74.2 cm³/mol. The Hall–Kier alpha value is -0.610. The third kappa shape index (κ3) is 5.11. The normalized spacial score (nSPS) is 30.4. The van der Waals surface area contributed by atoms with Gasteiger partial charge in [0.15, 0.2) is 0 Å². The molecule has 1 N–H and O–H groups in total. The highest BCUT2D eigenvalue weighted by molar-refractivity contribution is 5.68. The Balaban J connectivity index is 1.62. The topological polar surface area (TPSA) is 49.8 Å². The summed E-state index contributed by atoms with van der Waals surface area (Å²) in [5, 5.41) is 8.60. The van der Waals surface area contributed by atoms with Crippen LogP contribution in [0.1, 0.15) is 45.4 Å². The molecule has 0 bridgehead atoms. The van der Waals surface area contributed by atoms with Crippen LogP contribution in [0.3, 0.4) is 0 Å². The molecule has 4 heteroatoms. The fourth-order valence-electron chi connectivity index (χ4n) is 3.32. The predicted octanol–water partition coefficient (Wildman–Crippen LogP) is 2.38. The molecule has 4 nitrogen and oxygen atoms in total. The summed E-state index contributed by atoms with van der Waals surface area (Å²) >= 11 is 0. The van der Waals surface area contributed by atoms with E-state index in [1.54, 1.807) is 0 Å². The van der Waals surface area contributed by atoms with Crippen molar-refractivity contribution in [3.63, 3.8) is 0 Å². The number of piperidine rings is 1. The van der Waals surface area contributed by atoms with Gasteiger partial charge in [0.25, 0.3) is 0 Å². The van der Waals surface area contributed by atoms with Gasteiger partial charge in [0.05, 0.1) is 6.10 Å². The summed E-state index contributed by atoms with van der Waals surface area (Å²) in [4.78, 5) is 13.0. The van der Waals surface area contributed by atoms with Crippen molar-refractivity contribution in [2.24, 2.45) is 11.8 Å². The summed E-state index contributed by atoms with van der Waals surface area (Å²) in [6, 6.07) is 0. The minimum atomic E-state index is -0.862. The van der Waals surface area contributed by atoms with Crippen LogP contribution in [0.4, 0.5) is 0 Å². The van der Waals surface area contributed by atoms with Gasteiger partial charge >= 0.3 is 5.97 Å². The van der Waals surface area contributed by atoms with Gasteiger partial charge in [0, 0.05) is 19.6 Å². The lowest BCUT2D eigenvalue weighted by molar-refractivity contribution is -0.145. The lowest BCUT2D eigenvalue weighted by Gasteiger charge is -2.36. The Kier molecular flexibility index (Phi) is 5.64. The van der Waals surface area contributed by atoms with Crippen LogP contribution >= 0.6 is 0 Å². The molecule has 2 aliphatic rings. The number of carboxylic acid groups (broad SMARTS) is 1. The molecule has 1 saturated carbocycles. The van der Waals surface area contributed by atoms with Crippen LogP contribution in [0.25, 0.3) is 0 Å². The second-order valence-electron chi connectivity index (χ2n) is 6.33. The fraction of sp³-hybridized carbons (Fsp3) is 0.933. The summed E-state index contributed by atoms with van der Waals surface area (Å²) in [7, 11) is 0. The van der Waals surface area contributed by atoms with Crippen molar-refractivity contribution < 1.29 is 14.6 Å². The minimum absolute atomic E-state index is 0.148. The van der Waals surface area contributed by atoms with Crippen LogP contribution in [0.5, 0.6) is 0 Å². The lowest BCUT2D eigenvalue weighted by atomic mass is 9.82. The zero-order valence-corrected chi connectivity index (χ0v) is 12.0. The summed E-state index contributed by atoms with van der Waals surface area (Å²) in [6.07, 6.45) is 7.67. The highest BCUT2D eigenvalue weighted by atomic mass is 16.5. The summed E-state index contributed by atoms with van der Waals surface area (Å²) < 4.78 is 5.37. The Morgan fingerprint density at radius 2 is 1.79 bits per heavy atom. The van der Waals surface area contributed by atoms with Crippen molar-refractivity contribution in [2.75, 3.05) is 26.2 Å². The van der Waals surface area contributed by atoms with Gasteiger partial charge in [-0.3, -0.25) is 0 Å². The van der Waals surface area contributed by atoms with Crippen molar-refractivity contribution in [1.29, 1.82) is 0 Å². The first kappa shape index (κ1) is 14.8. The molecule has 0 spiro atoms. The molecule has 2 rings (SSSR count). The number of ether oxygens (including phenoxy) is 1. The first-order valence-electron chi connectivity index (χ1n) is 7.69. The molecule has 0 amide bonds. The first-order valence-corrected chi connectivity index (χ1v) is 7.69. The second-order valence-corrected chi connectivity index (χ2v) is 6.33. The summed E-state index contributed by atoms with van der Waals surface area (Å²) in [5.74, 6) is 0.942. The molecular weight excluding hydrogens is 242 g/mol. The molecule has 19 heavy (non-hydrogen) atoms. The van der Waals surface area contributed by atoms with Crippen molar-refractivity contribution >= 4 is 5.97 Å². The molecular formula is C15H27NO3. The van der Waals surface area contributed by atoms with E-state index in [1.165, 1.54) is 32.2 Å². The lowest BCUT2D eigenvalue weighted by Crippen LogP contribution is -2.40. The van der Waals surface area contributed by atoms with Gasteiger partial charge in [0.1, 0.15) is 6.61 Å². The van der Waals surface area contributed by atoms with E-state index in [9.17, 15) is 4.79 Å². The van der Waals surface area contributed by atoms with E-state index < -0.39 is 5.97 Å². The Morgan fingerprint density at radius 1 is 1.16 bits per heavy atom. The van der Waals surface area contributed by atoms with Crippen LogP contribution < -0.4 is 0 Å². The van der Waals surface area contributed by atoms with E-state index >= 15 is 0 Å². The monoisotopic (exact) mass is 269 g/mol. The van der Waals surface area contributed by atoms with Crippen molar-refractivity contribution in [3.8, 4) is 0 Å². The van der Waals surface area contributed by atoms with Gasteiger partial charge in [-0.1, -0.05) is 19.8 Å². The van der Waals surface area contributed by atoms with Crippen molar-refractivity contribution in [1.82, 2.24) is 4.90 Å². The zero-order valence-electron chi connectivity index (χ0n) is 12.0. The molecule has 0 aromatic carbocycles. The smallest absolute Gasteiger partial charge is 0.329 e. The number of carboxylic acids is 1. The second kappa shape index (κ2) is 7.25. The van der Waals surface area contributed by atoms with Gasteiger partial charge in [-0.25, -0.2) is 4.79 Å². The minimum Gasteiger partial charge on any atom is -0.480 e. The number of hydrogen-bond donors (Lipinski definition) is 1. The van der Waals surface area contributed by atoms with Crippen LogP contribution in [0.2, 0.25) is 0 Å². The zero-order chi connectivity index (χ0) is 13.7. The van der Waals surface area contributed by atoms with Crippen LogP contribution in [-0.4, -0.2) is 48.3 Å². The summed E-state index contributed by atoms with van der Waals surface area (Å²) in [5.41, 5.74) is 0. The number of hydrogen-bond acceptors (Lipinski definition) is 3. The molecule has 0 unspecified atom stereocenters. The third-order valence-corrected chi connectivity index (χ3v) is 4.63. The maximum absolute atomic E-state index is 10.5. The molecule has 1 saturated heterocycles. The van der Waals surface area contributed by atoms with Gasteiger partial charge in [-0.15, -0.1) is 0 Å². The summed E-state index contributed by atoms with van der Waals surface area (Å²) in [6.45, 7) is 5.58. The van der Waals surface area contributed by atoms with Crippen molar-refractivity contribution in [2.45, 2.75) is 51.6 Å². The van der Waals surface area contributed by atoms with E-state index in [2.05, 4.69) is 11.8 Å². The van der Waals surface area contributed by atoms with E-state index in [0.717, 1.165) is 37.8 Å². The van der Waals surface area contributed by atoms with E-state index in [1.807, 2.05) is 0 Å². The van der Waals surface area contributed by atoms with E-state index in [-0.39, 0.29) is 12.7 Å².